The van der Waals surface area contributed by atoms with Crippen LogP contribution in [-0.2, 0) is 18.4 Å². The first-order chi connectivity index (χ1) is 9.56. The highest BCUT2D eigenvalue weighted by Gasteiger charge is 2.04. The van der Waals surface area contributed by atoms with Crippen LogP contribution in [0.3, 0.4) is 0 Å². The number of aryl methyl sites for hydroxylation is 1. The predicted molar refractivity (Wildman–Crippen MR) is 75.1 cm³/mol. The van der Waals surface area contributed by atoms with Crippen LogP contribution >= 0.6 is 0 Å². The molecular formula is C15H16FN3O. The van der Waals surface area contributed by atoms with Crippen LogP contribution in [0, 0.1) is 5.82 Å². The van der Waals surface area contributed by atoms with E-state index in [9.17, 15) is 9.18 Å². The molecule has 104 valence electrons. The number of rotatable bonds is 4. The lowest BCUT2D eigenvalue weighted by molar-refractivity contribution is -0.116. The van der Waals surface area contributed by atoms with Gasteiger partial charge in [0, 0.05) is 25.5 Å². The Morgan fingerprint density at radius 3 is 2.95 bits per heavy atom. The zero-order chi connectivity index (χ0) is 14.5. The van der Waals surface area contributed by atoms with Crippen LogP contribution in [0.5, 0.6) is 0 Å². The van der Waals surface area contributed by atoms with Crippen molar-refractivity contribution in [3.63, 3.8) is 0 Å². The number of carbonyl (C=O) groups excluding carboxylic acids is 1. The molecule has 0 saturated heterocycles. The van der Waals surface area contributed by atoms with Crippen LogP contribution in [0.1, 0.15) is 18.3 Å². The molecular weight excluding hydrogens is 257 g/mol. The Labute approximate surface area is 117 Å². The molecule has 1 aromatic carbocycles. The lowest BCUT2D eigenvalue weighted by Crippen LogP contribution is -2.22. The Morgan fingerprint density at radius 2 is 2.30 bits per heavy atom. The lowest BCUT2D eigenvalue weighted by atomic mass is 10.1. The summed E-state index contributed by atoms with van der Waals surface area (Å²) in [6, 6.07) is 6.16. The van der Waals surface area contributed by atoms with Crippen molar-refractivity contribution in [2.75, 3.05) is 0 Å². The van der Waals surface area contributed by atoms with Crippen molar-refractivity contribution in [2.24, 2.45) is 7.05 Å². The second kappa shape index (κ2) is 6.14. The normalized spacial score (nSPS) is 11.4. The summed E-state index contributed by atoms with van der Waals surface area (Å²) in [6.45, 7) is 2.13. The number of hydrogen-bond acceptors (Lipinski definition) is 2. The summed E-state index contributed by atoms with van der Waals surface area (Å²) in [6.07, 6.45) is 4.95. The van der Waals surface area contributed by atoms with Crippen molar-refractivity contribution < 1.29 is 9.18 Å². The highest BCUT2D eigenvalue weighted by molar-refractivity contribution is 5.94. The average molecular weight is 273 g/mol. The maximum absolute atomic E-state index is 13.1. The van der Waals surface area contributed by atoms with Gasteiger partial charge in [-0.25, -0.2) is 9.37 Å². The molecule has 0 spiro atoms. The zero-order valence-electron chi connectivity index (χ0n) is 11.4. The molecule has 20 heavy (non-hydrogen) atoms. The van der Waals surface area contributed by atoms with Crippen molar-refractivity contribution in [2.45, 2.75) is 13.5 Å². The number of allylic oxidation sites excluding steroid dienone is 1. The summed E-state index contributed by atoms with van der Waals surface area (Å²) < 4.78 is 14.9. The second-order valence-corrected chi connectivity index (χ2v) is 4.51. The number of benzene rings is 1. The maximum atomic E-state index is 13.1. The Balaban J connectivity index is 1.99. The van der Waals surface area contributed by atoms with E-state index in [0.717, 1.165) is 5.82 Å². The molecule has 1 amide bonds. The molecule has 2 aromatic rings. The van der Waals surface area contributed by atoms with Gasteiger partial charge in [-0.2, -0.15) is 0 Å². The van der Waals surface area contributed by atoms with Gasteiger partial charge in [0.15, 0.2) is 0 Å². The monoisotopic (exact) mass is 273 g/mol. The van der Waals surface area contributed by atoms with E-state index in [-0.39, 0.29) is 11.7 Å². The van der Waals surface area contributed by atoms with Crippen LogP contribution in [-0.4, -0.2) is 15.5 Å². The molecule has 2 rings (SSSR count). The van der Waals surface area contributed by atoms with E-state index in [4.69, 9.17) is 0 Å². The van der Waals surface area contributed by atoms with E-state index in [1.54, 1.807) is 25.3 Å². The average Bonchev–Trinajstić information content (AvgIpc) is 2.82. The Morgan fingerprint density at radius 1 is 1.50 bits per heavy atom. The fraction of sp³-hybridized carbons (Fsp3) is 0.200. The second-order valence-electron chi connectivity index (χ2n) is 4.51. The summed E-state index contributed by atoms with van der Waals surface area (Å²) in [5.74, 6) is 0.230. The van der Waals surface area contributed by atoms with E-state index in [0.29, 0.717) is 17.7 Å². The highest BCUT2D eigenvalue weighted by Crippen LogP contribution is 2.14. The molecule has 1 aromatic heterocycles. The quantitative estimate of drug-likeness (QED) is 0.869. The number of amides is 1. The molecule has 0 bridgehead atoms. The Kier molecular flexibility index (Phi) is 4.30. The van der Waals surface area contributed by atoms with Gasteiger partial charge >= 0.3 is 0 Å². The van der Waals surface area contributed by atoms with Gasteiger partial charge in [0.05, 0.1) is 6.54 Å². The van der Waals surface area contributed by atoms with E-state index in [1.165, 1.54) is 18.2 Å². The van der Waals surface area contributed by atoms with Gasteiger partial charge in [0.25, 0.3) is 0 Å². The van der Waals surface area contributed by atoms with Crippen LogP contribution in [0.4, 0.5) is 4.39 Å². The van der Waals surface area contributed by atoms with Gasteiger partial charge in [-0.3, -0.25) is 4.79 Å². The first-order valence-electron chi connectivity index (χ1n) is 6.24. The molecule has 0 saturated carbocycles. The summed E-state index contributed by atoms with van der Waals surface area (Å²) in [5, 5.41) is 2.75. The molecule has 0 unspecified atom stereocenters. The first kappa shape index (κ1) is 14.0. The first-order valence-corrected chi connectivity index (χ1v) is 6.24. The molecule has 1 N–H and O–H groups in total. The number of hydrogen-bond donors (Lipinski definition) is 1. The molecule has 0 atom stereocenters. The van der Waals surface area contributed by atoms with E-state index in [1.807, 2.05) is 17.8 Å². The van der Waals surface area contributed by atoms with E-state index in [2.05, 4.69) is 10.3 Å². The molecule has 0 radical (unpaired) electrons. The number of halogens is 1. The number of imidazole rings is 1. The van der Waals surface area contributed by atoms with Crippen molar-refractivity contribution in [1.29, 1.82) is 0 Å². The van der Waals surface area contributed by atoms with Crippen molar-refractivity contribution in [1.82, 2.24) is 14.9 Å². The Hall–Kier alpha value is -2.43. The number of carbonyl (C=O) groups is 1. The van der Waals surface area contributed by atoms with E-state index < -0.39 is 0 Å². The summed E-state index contributed by atoms with van der Waals surface area (Å²) in [4.78, 5) is 15.9. The lowest BCUT2D eigenvalue weighted by Gasteiger charge is -2.04. The summed E-state index contributed by atoms with van der Waals surface area (Å²) in [7, 11) is 1.86. The minimum atomic E-state index is -0.316. The standard InChI is InChI=1S/C15H16FN3O/c1-11(12-4-3-5-13(16)9-12)8-15(20)18-10-14-17-6-7-19(14)2/h3-9H,10H2,1-2H3,(H,18,20). The van der Waals surface area contributed by atoms with Crippen molar-refractivity contribution in [3.8, 4) is 0 Å². The SMILES string of the molecule is CC(=CC(=O)NCc1nccn1C)c1cccc(F)c1. The molecule has 0 aliphatic heterocycles. The Bertz CT molecular complexity index is 646. The molecule has 5 heteroatoms. The summed E-state index contributed by atoms with van der Waals surface area (Å²) >= 11 is 0. The largest absolute Gasteiger partial charge is 0.345 e. The van der Waals surface area contributed by atoms with Gasteiger partial charge in [-0.1, -0.05) is 12.1 Å². The van der Waals surface area contributed by atoms with Crippen LogP contribution < -0.4 is 5.32 Å². The maximum Gasteiger partial charge on any atom is 0.244 e. The predicted octanol–water partition coefficient (Wildman–Crippen LogP) is 2.28. The van der Waals surface area contributed by atoms with Gasteiger partial charge in [-0.05, 0) is 30.2 Å². The van der Waals surface area contributed by atoms with E-state index >= 15 is 0 Å². The minimum Gasteiger partial charge on any atom is -0.345 e. The number of aromatic nitrogens is 2. The summed E-state index contributed by atoms with van der Waals surface area (Å²) in [5.41, 5.74) is 1.40. The van der Waals surface area contributed by atoms with Gasteiger partial charge in [-0.15, -0.1) is 0 Å². The molecule has 0 aliphatic rings. The van der Waals surface area contributed by atoms with Crippen LogP contribution in [0.15, 0.2) is 42.7 Å². The molecule has 0 aliphatic carbocycles. The van der Waals surface area contributed by atoms with Gasteiger partial charge < -0.3 is 9.88 Å². The third-order valence-electron chi connectivity index (χ3n) is 2.97. The molecule has 4 nitrogen and oxygen atoms in total. The van der Waals surface area contributed by atoms with Crippen molar-refractivity contribution in [3.05, 3.63) is 59.9 Å². The molecule has 1 heterocycles. The number of nitrogens with one attached hydrogen (secondary N) is 1. The van der Waals surface area contributed by atoms with Gasteiger partial charge in [0.2, 0.25) is 5.91 Å². The third kappa shape index (κ3) is 3.54. The van der Waals surface area contributed by atoms with Gasteiger partial charge in [0.1, 0.15) is 11.6 Å². The zero-order valence-corrected chi connectivity index (χ0v) is 11.4. The van der Waals surface area contributed by atoms with Crippen LogP contribution in [0.25, 0.3) is 5.57 Å². The fourth-order valence-electron chi connectivity index (χ4n) is 1.80. The van der Waals surface area contributed by atoms with Crippen LogP contribution in [0.2, 0.25) is 0 Å². The fourth-order valence-corrected chi connectivity index (χ4v) is 1.80. The third-order valence-corrected chi connectivity index (χ3v) is 2.97. The minimum absolute atomic E-state index is 0.227. The smallest absolute Gasteiger partial charge is 0.244 e. The van der Waals surface area contributed by atoms with Crippen molar-refractivity contribution >= 4 is 11.5 Å². The topological polar surface area (TPSA) is 46.9 Å². The molecule has 0 fully saturated rings. The highest BCUT2D eigenvalue weighted by atomic mass is 19.1. The number of nitrogens with zero attached hydrogens (tertiary/aromatic N) is 2.